The minimum Gasteiger partial charge on any atom is -0.466 e. The molecule has 0 radical (unpaired) electrons. The number of ketones is 2. The predicted octanol–water partition coefficient (Wildman–Crippen LogP) is 3.30. The zero-order valence-electron chi connectivity index (χ0n) is 15.5. The lowest BCUT2D eigenvalue weighted by Gasteiger charge is -2.23. The summed E-state index contributed by atoms with van der Waals surface area (Å²) in [6, 6.07) is 0. The molecule has 0 spiro atoms. The Kier molecular flexibility index (Phi) is 10.1. The van der Waals surface area contributed by atoms with Crippen LogP contribution in [0.3, 0.4) is 0 Å². The fraction of sp³-hybridized carbons (Fsp3) is 0.632. The summed E-state index contributed by atoms with van der Waals surface area (Å²) in [5.41, 5.74) is -0.108. The molecule has 1 aliphatic carbocycles. The lowest BCUT2D eigenvalue weighted by molar-refractivity contribution is -0.143. The number of ether oxygens (including phenoxy) is 1. The van der Waals surface area contributed by atoms with Gasteiger partial charge in [0, 0.05) is 17.6 Å². The van der Waals surface area contributed by atoms with Crippen LogP contribution >= 0.6 is 0 Å². The smallest absolute Gasteiger partial charge is 0.305 e. The van der Waals surface area contributed by atoms with Gasteiger partial charge in [-0.2, -0.15) is 0 Å². The number of carbonyl (C=O) groups is 3. The monoisotopic (exact) mass is 338 g/mol. The minimum absolute atomic E-state index is 0.156. The number of hydrogen-bond donors (Lipinski definition) is 1. The summed E-state index contributed by atoms with van der Waals surface area (Å²) in [7, 11) is 0. The van der Waals surface area contributed by atoms with Crippen molar-refractivity contribution in [3.63, 3.8) is 0 Å². The van der Waals surface area contributed by atoms with Gasteiger partial charge in [-0.1, -0.05) is 13.8 Å². The van der Waals surface area contributed by atoms with Gasteiger partial charge in [-0.25, -0.2) is 0 Å². The Bertz CT molecular complexity index is 512. The number of allylic oxidation sites excluding steroid dienone is 4. The zero-order valence-corrected chi connectivity index (χ0v) is 15.5. The van der Waals surface area contributed by atoms with E-state index in [2.05, 4.69) is 0 Å². The van der Waals surface area contributed by atoms with Crippen molar-refractivity contribution in [1.82, 2.24) is 0 Å². The Morgan fingerprint density at radius 2 is 1.79 bits per heavy atom. The van der Waals surface area contributed by atoms with Crippen LogP contribution in [0.1, 0.15) is 66.7 Å². The van der Waals surface area contributed by atoms with Crippen molar-refractivity contribution in [3.05, 3.63) is 23.3 Å². The molecule has 0 aliphatic heterocycles. The second-order valence-electron chi connectivity index (χ2n) is 5.88. The van der Waals surface area contributed by atoms with Crippen LogP contribution in [0.4, 0.5) is 0 Å². The van der Waals surface area contributed by atoms with Crippen molar-refractivity contribution in [2.45, 2.75) is 72.3 Å². The molecule has 1 atom stereocenters. The van der Waals surface area contributed by atoms with E-state index in [0.29, 0.717) is 43.4 Å². The van der Waals surface area contributed by atoms with Gasteiger partial charge in [0.05, 0.1) is 12.2 Å². The SMILES string of the molecule is CC.CCOC(=O)CCCC(C)(O)CCC1=CC(=O)C(C)=CC1=O. The predicted molar refractivity (Wildman–Crippen MR) is 93.5 cm³/mol. The summed E-state index contributed by atoms with van der Waals surface area (Å²) < 4.78 is 4.83. The third kappa shape index (κ3) is 8.20. The fourth-order valence-corrected chi connectivity index (χ4v) is 2.27. The second-order valence-corrected chi connectivity index (χ2v) is 5.88. The first-order valence-corrected chi connectivity index (χ1v) is 8.60. The first kappa shape index (κ1) is 22.2. The maximum Gasteiger partial charge on any atom is 0.305 e. The molecule has 0 aromatic rings. The highest BCUT2D eigenvalue weighted by Crippen LogP contribution is 2.24. The van der Waals surface area contributed by atoms with Gasteiger partial charge in [-0.05, 0) is 58.6 Å². The molecule has 0 aromatic carbocycles. The maximum absolute atomic E-state index is 11.8. The Balaban J connectivity index is 0.00000254. The molecule has 136 valence electrons. The van der Waals surface area contributed by atoms with E-state index in [4.69, 9.17) is 4.74 Å². The molecule has 0 saturated carbocycles. The van der Waals surface area contributed by atoms with Crippen molar-refractivity contribution in [2.75, 3.05) is 6.61 Å². The van der Waals surface area contributed by atoms with E-state index >= 15 is 0 Å². The number of aliphatic hydroxyl groups is 1. The molecule has 0 bridgehead atoms. The number of rotatable bonds is 8. The van der Waals surface area contributed by atoms with Crippen LogP contribution in [0.25, 0.3) is 0 Å². The summed E-state index contributed by atoms with van der Waals surface area (Å²) in [5.74, 6) is -0.592. The van der Waals surface area contributed by atoms with E-state index in [0.717, 1.165) is 0 Å². The van der Waals surface area contributed by atoms with Gasteiger partial charge in [0.2, 0.25) is 0 Å². The van der Waals surface area contributed by atoms with Gasteiger partial charge in [-0.3, -0.25) is 14.4 Å². The molecule has 1 unspecified atom stereocenters. The summed E-state index contributed by atoms with van der Waals surface area (Å²) >= 11 is 0. The maximum atomic E-state index is 11.8. The molecule has 0 saturated heterocycles. The van der Waals surface area contributed by atoms with E-state index in [9.17, 15) is 19.5 Å². The average molecular weight is 338 g/mol. The standard InChI is InChI=1S/C17H24O5.C2H6/c1-4-22-16(20)6-5-8-17(3,21)9-7-13-11-14(18)12(2)10-15(13)19;1-2/h10-11,21H,4-9H2,1-3H3;1-2H3. The van der Waals surface area contributed by atoms with Crippen molar-refractivity contribution in [2.24, 2.45) is 0 Å². The summed E-state index contributed by atoms with van der Waals surface area (Å²) in [4.78, 5) is 34.6. The van der Waals surface area contributed by atoms with Crippen LogP contribution in [0, 0.1) is 0 Å². The third-order valence-corrected chi connectivity index (χ3v) is 3.69. The van der Waals surface area contributed by atoms with Gasteiger partial charge < -0.3 is 9.84 Å². The van der Waals surface area contributed by atoms with E-state index in [1.165, 1.54) is 12.2 Å². The first-order valence-electron chi connectivity index (χ1n) is 8.60. The zero-order chi connectivity index (χ0) is 18.8. The summed E-state index contributed by atoms with van der Waals surface area (Å²) in [5, 5.41) is 10.3. The van der Waals surface area contributed by atoms with E-state index in [-0.39, 0.29) is 24.0 Å². The van der Waals surface area contributed by atoms with Crippen LogP contribution < -0.4 is 0 Å². The number of hydrogen-bond acceptors (Lipinski definition) is 5. The van der Waals surface area contributed by atoms with Gasteiger partial charge in [0.15, 0.2) is 11.6 Å². The highest BCUT2D eigenvalue weighted by atomic mass is 16.5. The normalized spacial score (nSPS) is 16.4. The highest BCUT2D eigenvalue weighted by molar-refractivity contribution is 6.19. The summed E-state index contributed by atoms with van der Waals surface area (Å²) in [6.45, 7) is 9.39. The van der Waals surface area contributed by atoms with Gasteiger partial charge in [0.25, 0.3) is 0 Å². The molecular formula is C19H30O5. The average Bonchev–Trinajstić information content (AvgIpc) is 2.52. The quantitative estimate of drug-likeness (QED) is 0.542. The van der Waals surface area contributed by atoms with Crippen LogP contribution in [0.2, 0.25) is 0 Å². The number of esters is 1. The molecule has 5 nitrogen and oxygen atoms in total. The molecule has 0 fully saturated rings. The van der Waals surface area contributed by atoms with Crippen LogP contribution in [0.5, 0.6) is 0 Å². The first-order chi connectivity index (χ1) is 11.2. The number of carbonyl (C=O) groups excluding carboxylic acids is 3. The van der Waals surface area contributed by atoms with Gasteiger partial charge in [-0.15, -0.1) is 0 Å². The molecule has 0 heterocycles. The minimum atomic E-state index is -0.979. The van der Waals surface area contributed by atoms with E-state index in [1.54, 1.807) is 20.8 Å². The Labute approximate surface area is 144 Å². The van der Waals surface area contributed by atoms with Crippen molar-refractivity contribution in [3.8, 4) is 0 Å². The van der Waals surface area contributed by atoms with Crippen molar-refractivity contribution in [1.29, 1.82) is 0 Å². The molecular weight excluding hydrogens is 308 g/mol. The van der Waals surface area contributed by atoms with Crippen LogP contribution in [-0.4, -0.2) is 34.9 Å². The van der Waals surface area contributed by atoms with Gasteiger partial charge in [0.1, 0.15) is 0 Å². The topological polar surface area (TPSA) is 80.7 Å². The summed E-state index contributed by atoms with van der Waals surface area (Å²) in [6.07, 6.45) is 4.65. The Morgan fingerprint density at radius 3 is 2.38 bits per heavy atom. The Morgan fingerprint density at radius 1 is 1.17 bits per heavy atom. The molecule has 1 N–H and O–H groups in total. The van der Waals surface area contributed by atoms with Gasteiger partial charge >= 0.3 is 5.97 Å². The van der Waals surface area contributed by atoms with Crippen molar-refractivity contribution >= 4 is 17.5 Å². The lowest BCUT2D eigenvalue weighted by atomic mass is 9.88. The van der Waals surface area contributed by atoms with E-state index in [1.807, 2.05) is 13.8 Å². The largest absolute Gasteiger partial charge is 0.466 e. The highest BCUT2D eigenvalue weighted by Gasteiger charge is 2.24. The molecule has 24 heavy (non-hydrogen) atoms. The third-order valence-electron chi connectivity index (χ3n) is 3.69. The van der Waals surface area contributed by atoms with Crippen LogP contribution in [0.15, 0.2) is 23.3 Å². The second kappa shape index (κ2) is 10.9. The molecule has 5 heteroatoms. The molecule has 1 rings (SSSR count). The fourth-order valence-electron chi connectivity index (χ4n) is 2.27. The molecule has 0 aromatic heterocycles. The molecule has 1 aliphatic rings. The van der Waals surface area contributed by atoms with E-state index < -0.39 is 5.60 Å². The Hall–Kier alpha value is -1.75. The molecule has 0 amide bonds. The van der Waals surface area contributed by atoms with Crippen LogP contribution in [-0.2, 0) is 19.1 Å². The van der Waals surface area contributed by atoms with Crippen molar-refractivity contribution < 1.29 is 24.2 Å². The lowest BCUT2D eigenvalue weighted by Crippen LogP contribution is -2.25.